The monoisotopic (exact) mass is 1500 g/mol. The van der Waals surface area contributed by atoms with E-state index in [2.05, 4.69) is 79.8 Å². The van der Waals surface area contributed by atoms with Gasteiger partial charge in [-0.15, -0.1) is 0 Å². The van der Waals surface area contributed by atoms with Gasteiger partial charge in [-0.2, -0.15) is 0 Å². The number of benzene rings is 3. The molecule has 4 rings (SSSR count). The normalized spacial score (nSPS) is 12.5. The molecular weight excluding hydrogens is 1360 g/mol. The predicted octanol–water partition coefficient (Wildman–Crippen LogP) is 8.00. The Morgan fingerprint density at radius 3 is 0.848 bits per heavy atom. The third-order valence-corrected chi connectivity index (χ3v) is 16.3. The maximum absolute atomic E-state index is 12.3. The highest BCUT2D eigenvalue weighted by molar-refractivity contribution is 5.84. The minimum absolute atomic E-state index is 0.121. The fourth-order valence-electron chi connectivity index (χ4n) is 11.0. The molecule has 604 valence electrons. The largest absolute Gasteiger partial charge is 0.382 e. The summed E-state index contributed by atoms with van der Waals surface area (Å²) >= 11 is 0. The van der Waals surface area contributed by atoms with Gasteiger partial charge in [-0.25, -0.2) is 0 Å². The van der Waals surface area contributed by atoms with Gasteiger partial charge >= 0.3 is 0 Å². The molecule has 0 bridgehead atoms. The molecule has 0 saturated heterocycles. The summed E-state index contributed by atoms with van der Waals surface area (Å²) in [6, 6.07) is 22.8. The molecular formula is C79H133NO25. The van der Waals surface area contributed by atoms with E-state index in [4.69, 9.17) is 114 Å². The van der Waals surface area contributed by atoms with E-state index in [1.54, 1.807) is 14.2 Å². The first kappa shape index (κ1) is 93.5. The van der Waals surface area contributed by atoms with Crippen LogP contribution in [0.25, 0.3) is 22.3 Å². The molecule has 26 heteroatoms. The molecule has 0 fully saturated rings. The van der Waals surface area contributed by atoms with Crippen molar-refractivity contribution in [1.82, 2.24) is 5.32 Å². The highest BCUT2D eigenvalue weighted by atomic mass is 16.6. The van der Waals surface area contributed by atoms with Crippen molar-refractivity contribution in [3.63, 3.8) is 0 Å². The number of aryl methyl sites for hydroxylation is 2. The van der Waals surface area contributed by atoms with Crippen LogP contribution in [-0.2, 0) is 130 Å². The lowest BCUT2D eigenvalue weighted by Crippen LogP contribution is -2.27. The fourth-order valence-corrected chi connectivity index (χ4v) is 11.0. The van der Waals surface area contributed by atoms with Gasteiger partial charge in [0.2, 0.25) is 5.91 Å². The van der Waals surface area contributed by atoms with Crippen molar-refractivity contribution in [2.24, 2.45) is 0 Å². The summed E-state index contributed by atoms with van der Waals surface area (Å²) in [6.45, 7) is 28.3. The van der Waals surface area contributed by atoms with Gasteiger partial charge < -0.3 is 119 Å². The van der Waals surface area contributed by atoms with Crippen molar-refractivity contribution >= 4 is 5.91 Å². The molecule has 1 aliphatic carbocycles. The summed E-state index contributed by atoms with van der Waals surface area (Å²) in [5.41, 5.74) is 9.89. The van der Waals surface area contributed by atoms with E-state index >= 15 is 0 Å². The Morgan fingerprint density at radius 1 is 0.305 bits per heavy atom. The second-order valence-electron chi connectivity index (χ2n) is 24.5. The molecule has 3 aromatic carbocycles. The molecule has 0 unspecified atom stereocenters. The van der Waals surface area contributed by atoms with Crippen LogP contribution in [0.1, 0.15) is 74.1 Å². The summed E-state index contributed by atoms with van der Waals surface area (Å²) in [5.74, 6) is 0.121. The Morgan fingerprint density at radius 2 is 0.562 bits per heavy atom. The van der Waals surface area contributed by atoms with E-state index in [1.165, 1.54) is 44.5 Å². The molecule has 0 aliphatic heterocycles. The van der Waals surface area contributed by atoms with Crippen LogP contribution in [0.15, 0.2) is 60.7 Å². The minimum atomic E-state index is -0.245. The Hall–Kier alpha value is -3.83. The number of amides is 1. The average molecular weight is 1500 g/mol. The zero-order chi connectivity index (χ0) is 74.3. The molecule has 1 amide bonds. The number of ether oxygens (including phenoxy) is 24. The van der Waals surface area contributed by atoms with Crippen LogP contribution in [-0.4, -0.2) is 331 Å². The van der Waals surface area contributed by atoms with Crippen LogP contribution in [0, 0.1) is 6.92 Å². The van der Waals surface area contributed by atoms with Crippen molar-refractivity contribution in [1.29, 1.82) is 0 Å². The Labute approximate surface area is 627 Å². The molecule has 0 heterocycles. The van der Waals surface area contributed by atoms with Crippen molar-refractivity contribution < 1.29 is 118 Å². The van der Waals surface area contributed by atoms with Gasteiger partial charge in [0.15, 0.2) is 0 Å². The van der Waals surface area contributed by atoms with Crippen molar-refractivity contribution in [2.75, 3.05) is 325 Å². The summed E-state index contributed by atoms with van der Waals surface area (Å²) < 4.78 is 134. The third-order valence-electron chi connectivity index (χ3n) is 16.3. The molecule has 0 atom stereocenters. The summed E-state index contributed by atoms with van der Waals surface area (Å²) in [7, 11) is 3.29. The van der Waals surface area contributed by atoms with Gasteiger partial charge in [0, 0.05) is 45.8 Å². The molecule has 1 N–H and O–H groups in total. The second-order valence-corrected chi connectivity index (χ2v) is 24.5. The lowest BCUT2D eigenvalue weighted by Gasteiger charge is -2.33. The van der Waals surface area contributed by atoms with Gasteiger partial charge in [-0.3, -0.25) is 4.79 Å². The zero-order valence-corrected chi connectivity index (χ0v) is 64.4. The Bertz CT molecular complexity index is 2340. The summed E-state index contributed by atoms with van der Waals surface area (Å²) in [6.07, 6.45) is 6.72. The lowest BCUT2D eigenvalue weighted by atomic mass is 9.71. The number of fused-ring (bicyclic) bond motifs is 3. The zero-order valence-electron chi connectivity index (χ0n) is 64.4. The van der Waals surface area contributed by atoms with Gasteiger partial charge in [0.05, 0.1) is 291 Å². The quantitative estimate of drug-likeness (QED) is 0.0526. The van der Waals surface area contributed by atoms with Crippen LogP contribution in [0.3, 0.4) is 0 Å². The van der Waals surface area contributed by atoms with E-state index in [0.717, 1.165) is 51.5 Å². The molecule has 0 aromatic heterocycles. The van der Waals surface area contributed by atoms with Crippen LogP contribution >= 0.6 is 0 Å². The van der Waals surface area contributed by atoms with Crippen LogP contribution in [0.2, 0.25) is 0 Å². The van der Waals surface area contributed by atoms with Crippen LogP contribution in [0.4, 0.5) is 0 Å². The van der Waals surface area contributed by atoms with Crippen LogP contribution < -0.4 is 5.32 Å². The van der Waals surface area contributed by atoms with Gasteiger partial charge in [-0.1, -0.05) is 67.1 Å². The molecule has 1 aliphatic rings. The Kier molecular flexibility index (Phi) is 61.8. The predicted molar refractivity (Wildman–Crippen MR) is 399 cm³/mol. The summed E-state index contributed by atoms with van der Waals surface area (Å²) in [4.78, 5) is 12.3. The molecule has 3 aromatic rings. The molecule has 26 nitrogen and oxygen atoms in total. The van der Waals surface area contributed by atoms with E-state index in [1.807, 2.05) is 0 Å². The molecule has 0 saturated carbocycles. The SMILES string of the molecule is CCCNC(=O)CCCc1ccc(-c2ccc3c(c2)C(CCCOCCOCCOCCOCCOCCOCCOCCOCCOCCOCCOCCOC)(CCCOCCOCCOCCOCCOCCOCCOCCOCCOCCOCCOCCOC)c2cc(C)ccc2-3)cc1. The van der Waals surface area contributed by atoms with Crippen molar-refractivity contribution in [3.8, 4) is 22.3 Å². The highest BCUT2D eigenvalue weighted by Crippen LogP contribution is 2.55. The number of hydrogen-bond donors (Lipinski definition) is 1. The van der Waals surface area contributed by atoms with Crippen molar-refractivity contribution in [2.45, 2.75) is 70.6 Å². The third kappa shape index (κ3) is 49.1. The number of carbonyl (C=O) groups is 1. The van der Waals surface area contributed by atoms with Crippen LogP contribution in [0.5, 0.6) is 0 Å². The standard InChI is InChI=1S/C79H133NO25/c1-5-21-80-78(81)10-6-9-71-12-14-72(15-13-71)73-16-18-75-74-17-11-70(2)68-76(74)79(77(75)69-73,19-7-22-84-28-30-88-36-38-92-44-46-96-52-54-100-60-62-104-66-64-102-58-56-98-50-48-94-42-40-90-34-32-86-26-24-82-3)20-8-23-85-29-31-89-37-39-93-45-47-97-53-55-101-61-63-105-67-65-103-59-57-99-51-49-95-43-41-91-35-33-87-27-25-83-4/h11-18,68-69H,5-10,19-67H2,1-4H3,(H,80,81). The van der Waals surface area contributed by atoms with E-state index in [0.29, 0.717) is 310 Å². The maximum atomic E-state index is 12.3. The van der Waals surface area contributed by atoms with E-state index in [-0.39, 0.29) is 11.3 Å². The second kappa shape index (κ2) is 69.4. The van der Waals surface area contributed by atoms with Gasteiger partial charge in [0.25, 0.3) is 0 Å². The molecule has 0 radical (unpaired) electrons. The number of nitrogens with one attached hydrogen (secondary N) is 1. The smallest absolute Gasteiger partial charge is 0.220 e. The number of hydrogen-bond acceptors (Lipinski definition) is 25. The first-order valence-corrected chi connectivity index (χ1v) is 38.3. The molecule has 105 heavy (non-hydrogen) atoms. The number of rotatable bonds is 81. The van der Waals surface area contributed by atoms with Gasteiger partial charge in [-0.05, 0) is 96.9 Å². The minimum Gasteiger partial charge on any atom is -0.382 e. The van der Waals surface area contributed by atoms with E-state index in [9.17, 15) is 4.79 Å². The number of methoxy groups -OCH3 is 2. The highest BCUT2D eigenvalue weighted by Gasteiger charge is 2.42. The fraction of sp³-hybridized carbons (Fsp3) is 0.759. The topological polar surface area (TPSA) is 251 Å². The Balaban J connectivity index is 1.03. The van der Waals surface area contributed by atoms with Gasteiger partial charge in [0.1, 0.15) is 0 Å². The average Bonchev–Trinajstić information content (AvgIpc) is 1.57. The van der Waals surface area contributed by atoms with E-state index < -0.39 is 0 Å². The lowest BCUT2D eigenvalue weighted by molar-refractivity contribution is -0.121. The number of carbonyl (C=O) groups excluding carboxylic acids is 1. The first-order valence-electron chi connectivity index (χ1n) is 38.3. The first-order chi connectivity index (χ1) is 52.0. The van der Waals surface area contributed by atoms with Crippen molar-refractivity contribution in [3.05, 3.63) is 82.9 Å². The summed E-state index contributed by atoms with van der Waals surface area (Å²) in [5, 5.41) is 2.99. The maximum Gasteiger partial charge on any atom is 0.220 e. The molecule has 0 spiro atoms.